The molecule has 0 radical (unpaired) electrons. The minimum absolute atomic E-state index is 0.223. The van der Waals surface area contributed by atoms with Gasteiger partial charge in [0.25, 0.3) is 0 Å². The van der Waals surface area contributed by atoms with Crippen LogP contribution < -0.4 is 9.47 Å². The van der Waals surface area contributed by atoms with Crippen LogP contribution in [0.2, 0.25) is 0 Å². The van der Waals surface area contributed by atoms with Gasteiger partial charge in [-0.05, 0) is 102 Å². The Hall–Kier alpha value is -3.31. The summed E-state index contributed by atoms with van der Waals surface area (Å²) in [6.45, 7) is 8.52. The first-order valence-corrected chi connectivity index (χ1v) is 14.2. The normalized spacial score (nSPS) is 12.6. The van der Waals surface area contributed by atoms with Crippen LogP contribution in [-0.2, 0) is 9.84 Å². The first-order valence-electron chi connectivity index (χ1n) is 12.7. The predicted octanol–water partition coefficient (Wildman–Crippen LogP) is 8.55. The molecule has 188 valence electrons. The minimum atomic E-state index is -3.59. The van der Waals surface area contributed by atoms with Gasteiger partial charge in [0.2, 0.25) is 9.84 Å². The molecule has 1 unspecified atom stereocenters. The van der Waals surface area contributed by atoms with Gasteiger partial charge >= 0.3 is 0 Å². The van der Waals surface area contributed by atoms with Crippen LogP contribution in [0.1, 0.15) is 58.4 Å². The summed E-state index contributed by atoms with van der Waals surface area (Å²) in [4.78, 5) is 0.542. The smallest absolute Gasteiger partial charge is 0.206 e. The first kappa shape index (κ1) is 25.8. The van der Waals surface area contributed by atoms with Gasteiger partial charge in [-0.1, -0.05) is 52.0 Å². The molecular weight excluding hydrogens is 468 g/mol. The van der Waals surface area contributed by atoms with Gasteiger partial charge in [0, 0.05) is 0 Å². The van der Waals surface area contributed by atoms with Gasteiger partial charge in [0.05, 0.1) is 15.9 Å². The summed E-state index contributed by atoms with van der Waals surface area (Å²) in [6.07, 6.45) is 3.19. The molecule has 0 aliphatic heterocycles. The second kappa shape index (κ2) is 11.2. The maximum absolute atomic E-state index is 13.1. The van der Waals surface area contributed by atoms with Crippen LogP contribution in [0.3, 0.4) is 0 Å². The number of hydrogen-bond acceptors (Lipinski definition) is 4. The van der Waals surface area contributed by atoms with E-state index in [4.69, 9.17) is 9.47 Å². The standard InChI is InChI=1S/C31H34O4S/c1-5-22(4)23-10-16-30(17-11-23)36(32,33)31-18-14-27(15-19-31)35-29-13-9-24-20-28(12-8-25(24)21-29)34-26(6-2)7-3/h8-22,26H,5-7H2,1-4H3. The van der Waals surface area contributed by atoms with Crippen LogP contribution >= 0.6 is 0 Å². The fraction of sp³-hybridized carbons (Fsp3) is 0.290. The number of fused-ring (bicyclic) bond motifs is 1. The van der Waals surface area contributed by atoms with Gasteiger partial charge in [-0.2, -0.15) is 0 Å². The third kappa shape index (κ3) is 5.73. The summed E-state index contributed by atoms with van der Waals surface area (Å²) in [6, 6.07) is 25.7. The molecule has 4 aromatic rings. The largest absolute Gasteiger partial charge is 0.490 e. The Bertz CT molecular complexity index is 1400. The van der Waals surface area contributed by atoms with Crippen LogP contribution in [0, 0.1) is 0 Å². The van der Waals surface area contributed by atoms with E-state index in [2.05, 4.69) is 27.7 Å². The van der Waals surface area contributed by atoms with Crippen LogP contribution in [0.5, 0.6) is 17.2 Å². The maximum atomic E-state index is 13.1. The van der Waals surface area contributed by atoms with Crippen molar-refractivity contribution in [2.75, 3.05) is 0 Å². The van der Waals surface area contributed by atoms with E-state index in [0.717, 1.165) is 41.3 Å². The van der Waals surface area contributed by atoms with E-state index in [1.807, 2.05) is 48.5 Å². The molecule has 0 N–H and O–H groups in total. The summed E-state index contributed by atoms with van der Waals surface area (Å²) in [5.74, 6) is 2.54. The molecule has 4 aromatic carbocycles. The Labute approximate surface area is 214 Å². The van der Waals surface area contributed by atoms with Crippen molar-refractivity contribution in [1.82, 2.24) is 0 Å². The molecule has 0 saturated carbocycles. The fourth-order valence-electron chi connectivity index (χ4n) is 4.16. The van der Waals surface area contributed by atoms with Gasteiger partial charge in [0.1, 0.15) is 17.2 Å². The van der Waals surface area contributed by atoms with Crippen molar-refractivity contribution in [3.05, 3.63) is 90.5 Å². The lowest BCUT2D eigenvalue weighted by Crippen LogP contribution is -2.13. The van der Waals surface area contributed by atoms with Gasteiger partial charge in [-0.15, -0.1) is 0 Å². The van der Waals surface area contributed by atoms with E-state index in [9.17, 15) is 8.42 Å². The number of hydrogen-bond donors (Lipinski definition) is 0. The van der Waals surface area contributed by atoms with Crippen molar-refractivity contribution in [2.24, 2.45) is 0 Å². The second-order valence-corrected chi connectivity index (χ2v) is 11.1. The predicted molar refractivity (Wildman–Crippen MR) is 146 cm³/mol. The zero-order valence-corrected chi connectivity index (χ0v) is 22.2. The summed E-state index contributed by atoms with van der Waals surface area (Å²) in [5.41, 5.74) is 1.14. The van der Waals surface area contributed by atoms with Gasteiger partial charge in [0.15, 0.2) is 0 Å². The highest BCUT2D eigenvalue weighted by molar-refractivity contribution is 7.91. The fourth-order valence-corrected chi connectivity index (χ4v) is 5.42. The molecule has 0 aliphatic carbocycles. The number of benzene rings is 4. The van der Waals surface area contributed by atoms with E-state index in [0.29, 0.717) is 22.3 Å². The lowest BCUT2D eigenvalue weighted by atomic mass is 9.99. The average Bonchev–Trinajstić information content (AvgIpc) is 2.91. The molecule has 0 aliphatic rings. The topological polar surface area (TPSA) is 52.6 Å². The average molecular weight is 503 g/mol. The lowest BCUT2D eigenvalue weighted by molar-refractivity contribution is 0.193. The molecule has 0 fully saturated rings. The first-order chi connectivity index (χ1) is 17.3. The zero-order chi connectivity index (χ0) is 25.7. The highest BCUT2D eigenvalue weighted by Gasteiger charge is 2.18. The van der Waals surface area contributed by atoms with Crippen molar-refractivity contribution in [2.45, 2.75) is 68.8 Å². The molecule has 4 rings (SSSR count). The zero-order valence-electron chi connectivity index (χ0n) is 21.4. The van der Waals surface area contributed by atoms with Crippen molar-refractivity contribution < 1.29 is 17.9 Å². The Morgan fingerprint density at radius 1 is 0.639 bits per heavy atom. The van der Waals surface area contributed by atoms with Crippen LogP contribution in [0.15, 0.2) is 94.7 Å². The van der Waals surface area contributed by atoms with Crippen molar-refractivity contribution >= 4 is 20.6 Å². The van der Waals surface area contributed by atoms with Gasteiger partial charge < -0.3 is 9.47 Å². The van der Waals surface area contributed by atoms with Crippen LogP contribution in [-0.4, -0.2) is 14.5 Å². The molecular formula is C31H34O4S. The summed E-state index contributed by atoms with van der Waals surface area (Å²) >= 11 is 0. The van der Waals surface area contributed by atoms with E-state index in [1.54, 1.807) is 36.4 Å². The molecule has 0 aromatic heterocycles. The van der Waals surface area contributed by atoms with Crippen molar-refractivity contribution in [3.63, 3.8) is 0 Å². The molecule has 0 saturated heterocycles. The van der Waals surface area contributed by atoms with Crippen LogP contribution in [0.25, 0.3) is 10.8 Å². The van der Waals surface area contributed by atoms with Gasteiger partial charge in [-0.3, -0.25) is 0 Å². The SMILES string of the molecule is CCC(CC)Oc1ccc2cc(Oc3ccc(S(=O)(=O)c4ccc(C(C)CC)cc4)cc3)ccc2c1. The second-order valence-electron chi connectivity index (χ2n) is 9.18. The lowest BCUT2D eigenvalue weighted by Gasteiger charge is -2.16. The number of ether oxygens (including phenoxy) is 2. The molecule has 0 bridgehead atoms. The maximum Gasteiger partial charge on any atom is 0.206 e. The monoisotopic (exact) mass is 502 g/mol. The molecule has 0 heterocycles. The Morgan fingerprint density at radius 2 is 1.14 bits per heavy atom. The van der Waals surface area contributed by atoms with E-state index < -0.39 is 9.84 Å². The van der Waals surface area contributed by atoms with E-state index in [-0.39, 0.29) is 11.0 Å². The third-order valence-electron chi connectivity index (χ3n) is 6.74. The molecule has 5 heteroatoms. The number of sulfone groups is 1. The quantitative estimate of drug-likeness (QED) is 0.218. The minimum Gasteiger partial charge on any atom is -0.490 e. The highest BCUT2D eigenvalue weighted by Crippen LogP contribution is 2.30. The Balaban J connectivity index is 1.48. The Morgan fingerprint density at radius 3 is 1.69 bits per heavy atom. The third-order valence-corrected chi connectivity index (χ3v) is 8.52. The molecule has 0 amide bonds. The molecule has 4 nitrogen and oxygen atoms in total. The number of rotatable bonds is 10. The van der Waals surface area contributed by atoms with E-state index in [1.165, 1.54) is 0 Å². The van der Waals surface area contributed by atoms with Crippen molar-refractivity contribution in [3.8, 4) is 17.2 Å². The highest BCUT2D eigenvalue weighted by atomic mass is 32.2. The molecule has 0 spiro atoms. The summed E-state index contributed by atoms with van der Waals surface area (Å²) in [7, 11) is -3.59. The van der Waals surface area contributed by atoms with E-state index >= 15 is 0 Å². The van der Waals surface area contributed by atoms with Crippen molar-refractivity contribution in [1.29, 1.82) is 0 Å². The molecule has 1 atom stereocenters. The van der Waals surface area contributed by atoms with Gasteiger partial charge in [-0.25, -0.2) is 8.42 Å². The summed E-state index contributed by atoms with van der Waals surface area (Å²) in [5, 5.41) is 2.12. The summed E-state index contributed by atoms with van der Waals surface area (Å²) < 4.78 is 38.2. The Kier molecular flexibility index (Phi) is 8.00. The molecule has 36 heavy (non-hydrogen) atoms. The van der Waals surface area contributed by atoms with Crippen LogP contribution in [0.4, 0.5) is 0 Å².